The molecule has 0 aliphatic carbocycles. The normalized spacial score (nSPS) is 8.55. The molecule has 64 valence electrons. The lowest BCUT2D eigenvalue weighted by Crippen LogP contribution is -1.91. The highest BCUT2D eigenvalue weighted by Crippen LogP contribution is 1.70. The van der Waals surface area contributed by atoms with Crippen molar-refractivity contribution in [1.82, 2.24) is 5.32 Å². The van der Waals surface area contributed by atoms with Crippen molar-refractivity contribution in [3.05, 3.63) is 12.2 Å². The number of carbonyl (C=O) groups is 2. The van der Waals surface area contributed by atoms with Crippen LogP contribution in [0.4, 0.5) is 0 Å². The summed E-state index contributed by atoms with van der Waals surface area (Å²) in [6, 6.07) is 0. The first kappa shape index (κ1) is 12.3. The lowest BCUT2D eigenvalue weighted by molar-refractivity contribution is -0.134. The third-order valence-electron chi connectivity index (χ3n) is 0.368. The zero-order chi connectivity index (χ0) is 9.28. The Labute approximate surface area is 64.3 Å². The summed E-state index contributed by atoms with van der Waals surface area (Å²) in [6.07, 6.45) is 1.12. The molecule has 0 saturated carbocycles. The van der Waals surface area contributed by atoms with Gasteiger partial charge in [0.25, 0.3) is 0 Å². The number of carboxylic acid groups (broad SMARTS) is 2. The van der Waals surface area contributed by atoms with Crippen molar-refractivity contribution in [3.63, 3.8) is 0 Å². The quantitative estimate of drug-likeness (QED) is 0.477. The summed E-state index contributed by atoms with van der Waals surface area (Å²) >= 11 is 0. The minimum atomic E-state index is -1.26. The molecule has 11 heavy (non-hydrogen) atoms. The van der Waals surface area contributed by atoms with Crippen molar-refractivity contribution in [1.29, 1.82) is 0 Å². The molecule has 5 heteroatoms. The highest BCUT2D eigenvalue weighted by molar-refractivity contribution is 5.89. The van der Waals surface area contributed by atoms with E-state index in [0.717, 1.165) is 0 Å². The summed E-state index contributed by atoms with van der Waals surface area (Å²) in [5, 5.41) is 18.4. The number of rotatable bonds is 2. The summed E-state index contributed by atoms with van der Waals surface area (Å²) in [4.78, 5) is 19.1. The molecule has 0 heterocycles. The van der Waals surface area contributed by atoms with Gasteiger partial charge in [-0.25, -0.2) is 9.59 Å². The average molecular weight is 161 g/mol. The maximum atomic E-state index is 9.55. The molecule has 0 saturated heterocycles. The lowest BCUT2D eigenvalue weighted by Gasteiger charge is -1.74. The Morgan fingerprint density at radius 3 is 1.36 bits per heavy atom. The van der Waals surface area contributed by atoms with Crippen LogP contribution >= 0.6 is 0 Å². The molecule has 0 aromatic heterocycles. The molecule has 5 nitrogen and oxygen atoms in total. The van der Waals surface area contributed by atoms with E-state index >= 15 is 0 Å². The van der Waals surface area contributed by atoms with Gasteiger partial charge in [-0.15, -0.1) is 0 Å². The van der Waals surface area contributed by atoms with Gasteiger partial charge in [-0.1, -0.05) is 0 Å². The van der Waals surface area contributed by atoms with Gasteiger partial charge in [0.2, 0.25) is 0 Å². The van der Waals surface area contributed by atoms with E-state index < -0.39 is 11.9 Å². The highest BCUT2D eigenvalue weighted by Gasteiger charge is 1.88. The van der Waals surface area contributed by atoms with E-state index in [1.54, 1.807) is 0 Å². The van der Waals surface area contributed by atoms with Crippen LogP contribution in [0.25, 0.3) is 0 Å². The Kier molecular flexibility index (Phi) is 9.68. The fourth-order valence-electron chi connectivity index (χ4n) is 0.143. The number of aliphatic carboxylic acids is 2. The minimum Gasteiger partial charge on any atom is -0.478 e. The Hall–Kier alpha value is -1.36. The molecule has 0 bridgehead atoms. The zero-order valence-electron chi connectivity index (χ0n) is 6.37. The molecule has 0 amide bonds. The smallest absolute Gasteiger partial charge is 0.328 e. The van der Waals surface area contributed by atoms with Gasteiger partial charge in [0.15, 0.2) is 0 Å². The molecule has 0 aromatic rings. The van der Waals surface area contributed by atoms with Crippen molar-refractivity contribution in [3.8, 4) is 0 Å². The molecule has 0 aromatic carbocycles. The van der Waals surface area contributed by atoms with Crippen LogP contribution in [0.2, 0.25) is 0 Å². The summed E-state index contributed by atoms with van der Waals surface area (Å²) < 4.78 is 0. The van der Waals surface area contributed by atoms with Crippen molar-refractivity contribution >= 4 is 11.9 Å². The monoisotopic (exact) mass is 161 g/mol. The Balaban J connectivity index is 0. The predicted molar refractivity (Wildman–Crippen MR) is 39.4 cm³/mol. The molecule has 0 unspecified atom stereocenters. The second kappa shape index (κ2) is 8.64. The van der Waals surface area contributed by atoms with Crippen LogP contribution < -0.4 is 5.32 Å². The lowest BCUT2D eigenvalue weighted by atomic mass is 10.5. The summed E-state index contributed by atoms with van der Waals surface area (Å²) in [6.45, 7) is 0. The first-order valence-corrected chi connectivity index (χ1v) is 2.77. The summed E-state index contributed by atoms with van der Waals surface area (Å²) in [5.74, 6) is -2.51. The van der Waals surface area contributed by atoms with Crippen molar-refractivity contribution in [2.24, 2.45) is 0 Å². The molecule has 0 fully saturated rings. The van der Waals surface area contributed by atoms with Gasteiger partial charge in [0.1, 0.15) is 0 Å². The van der Waals surface area contributed by atoms with Crippen molar-refractivity contribution in [2.45, 2.75) is 0 Å². The Bertz CT molecular complexity index is 137. The SMILES string of the molecule is CNC.O=C(O)/C=C/C(=O)O. The number of nitrogens with one attached hydrogen (secondary N) is 1. The third-order valence-corrected chi connectivity index (χ3v) is 0.368. The van der Waals surface area contributed by atoms with Gasteiger partial charge < -0.3 is 15.5 Å². The number of hydrogen-bond acceptors (Lipinski definition) is 3. The Morgan fingerprint density at radius 1 is 1.09 bits per heavy atom. The molecule has 0 atom stereocenters. The van der Waals surface area contributed by atoms with Crippen LogP contribution in [-0.4, -0.2) is 36.2 Å². The topological polar surface area (TPSA) is 86.6 Å². The molecular formula is C6H11NO4. The molecule has 0 aliphatic heterocycles. The molecule has 0 aliphatic rings. The largest absolute Gasteiger partial charge is 0.478 e. The zero-order valence-corrected chi connectivity index (χ0v) is 6.37. The van der Waals surface area contributed by atoms with Crippen molar-refractivity contribution in [2.75, 3.05) is 14.1 Å². The maximum Gasteiger partial charge on any atom is 0.328 e. The van der Waals surface area contributed by atoms with Gasteiger partial charge >= 0.3 is 11.9 Å². The van der Waals surface area contributed by atoms with E-state index in [0.29, 0.717) is 12.2 Å². The van der Waals surface area contributed by atoms with E-state index in [2.05, 4.69) is 5.32 Å². The maximum absolute atomic E-state index is 9.55. The van der Waals surface area contributed by atoms with Crippen LogP contribution in [0.1, 0.15) is 0 Å². The number of hydrogen-bond donors (Lipinski definition) is 3. The molecule has 0 radical (unpaired) electrons. The van der Waals surface area contributed by atoms with Gasteiger partial charge in [0.05, 0.1) is 0 Å². The van der Waals surface area contributed by atoms with E-state index in [4.69, 9.17) is 10.2 Å². The first-order valence-electron chi connectivity index (χ1n) is 2.77. The van der Waals surface area contributed by atoms with Crippen LogP contribution in [0.3, 0.4) is 0 Å². The van der Waals surface area contributed by atoms with Crippen LogP contribution in [-0.2, 0) is 9.59 Å². The van der Waals surface area contributed by atoms with Gasteiger partial charge in [-0.3, -0.25) is 0 Å². The van der Waals surface area contributed by atoms with Crippen LogP contribution in [0, 0.1) is 0 Å². The molecular weight excluding hydrogens is 150 g/mol. The van der Waals surface area contributed by atoms with Crippen molar-refractivity contribution < 1.29 is 19.8 Å². The minimum absolute atomic E-state index is 0.558. The Morgan fingerprint density at radius 2 is 1.27 bits per heavy atom. The van der Waals surface area contributed by atoms with Gasteiger partial charge in [-0.05, 0) is 14.1 Å². The summed E-state index contributed by atoms with van der Waals surface area (Å²) in [5.41, 5.74) is 0. The third kappa shape index (κ3) is 28.8. The summed E-state index contributed by atoms with van der Waals surface area (Å²) in [7, 11) is 3.75. The number of carboxylic acids is 2. The average Bonchev–Trinajstić information content (AvgIpc) is 1.85. The highest BCUT2D eigenvalue weighted by atomic mass is 16.4. The van der Waals surface area contributed by atoms with E-state index in [9.17, 15) is 9.59 Å². The second-order valence-corrected chi connectivity index (χ2v) is 1.51. The predicted octanol–water partition coefficient (Wildman–Crippen LogP) is -0.453. The fourth-order valence-corrected chi connectivity index (χ4v) is 0.143. The van der Waals surface area contributed by atoms with E-state index in [1.165, 1.54) is 0 Å². The molecule has 0 spiro atoms. The standard InChI is InChI=1S/C4H4O4.C2H7N/c5-3(6)1-2-4(7)8;1-3-2/h1-2H,(H,5,6)(H,7,8);3H,1-2H3/b2-1+;. The van der Waals surface area contributed by atoms with E-state index in [1.807, 2.05) is 14.1 Å². The van der Waals surface area contributed by atoms with Crippen LogP contribution in [0.5, 0.6) is 0 Å². The first-order chi connectivity index (χ1) is 5.04. The van der Waals surface area contributed by atoms with E-state index in [-0.39, 0.29) is 0 Å². The van der Waals surface area contributed by atoms with Gasteiger partial charge in [-0.2, -0.15) is 0 Å². The van der Waals surface area contributed by atoms with Gasteiger partial charge in [0, 0.05) is 12.2 Å². The molecule has 0 rings (SSSR count). The second-order valence-electron chi connectivity index (χ2n) is 1.51. The molecule has 3 N–H and O–H groups in total. The van der Waals surface area contributed by atoms with Crippen LogP contribution in [0.15, 0.2) is 12.2 Å². The fraction of sp³-hybridized carbons (Fsp3) is 0.333.